The van der Waals surface area contributed by atoms with Crippen LogP contribution < -0.4 is 16.0 Å². The van der Waals surface area contributed by atoms with E-state index in [1.54, 1.807) is 54.7 Å². The lowest BCUT2D eigenvalue weighted by Gasteiger charge is -2.15. The molecule has 0 aliphatic rings. The molecule has 0 aliphatic carbocycles. The van der Waals surface area contributed by atoms with Crippen LogP contribution in [0.25, 0.3) is 16.6 Å². The fraction of sp³-hybridized carbons (Fsp3) is 0.207. The highest BCUT2D eigenvalue weighted by atomic mass is 32.2. The van der Waals surface area contributed by atoms with Gasteiger partial charge in [-0.25, -0.2) is 17.2 Å². The van der Waals surface area contributed by atoms with E-state index in [2.05, 4.69) is 10.1 Å². The number of nitrogens with zero attached hydrogens (tertiary/aromatic N) is 3. The Labute approximate surface area is 225 Å². The average molecular weight is 545 g/mol. The number of benzene rings is 3. The van der Waals surface area contributed by atoms with Crippen molar-refractivity contribution in [2.24, 2.45) is 0 Å². The van der Waals surface area contributed by atoms with Crippen molar-refractivity contribution >= 4 is 20.9 Å². The molecule has 0 saturated carbocycles. The van der Waals surface area contributed by atoms with Gasteiger partial charge in [-0.15, -0.1) is 0 Å². The van der Waals surface area contributed by atoms with E-state index >= 15 is 0 Å². The first kappa shape index (κ1) is 26.2. The SMILES string of the molecule is Cc1ccc(S(=O)(=O)n2cc(C(C)C)c3cc(Oc4c(C)cc(-n5ncc(=O)[nH]c5=O)cc4C)ccc32)cc1. The summed E-state index contributed by atoms with van der Waals surface area (Å²) in [5, 5.41) is 4.71. The van der Waals surface area contributed by atoms with Gasteiger partial charge in [0.25, 0.3) is 15.6 Å². The van der Waals surface area contributed by atoms with Crippen molar-refractivity contribution in [2.75, 3.05) is 0 Å². The molecule has 0 aliphatic heterocycles. The van der Waals surface area contributed by atoms with Crippen LogP contribution in [0.3, 0.4) is 0 Å². The van der Waals surface area contributed by atoms with Gasteiger partial charge in [-0.05, 0) is 85.8 Å². The molecule has 2 aromatic heterocycles. The number of aromatic nitrogens is 4. The van der Waals surface area contributed by atoms with Crippen LogP contribution in [0.4, 0.5) is 0 Å². The largest absolute Gasteiger partial charge is 0.457 e. The van der Waals surface area contributed by atoms with E-state index in [1.165, 1.54) is 3.97 Å². The van der Waals surface area contributed by atoms with Crippen LogP contribution in [-0.4, -0.2) is 27.2 Å². The van der Waals surface area contributed by atoms with Crippen LogP contribution >= 0.6 is 0 Å². The predicted octanol–water partition coefficient (Wildman–Crippen LogP) is 4.95. The van der Waals surface area contributed by atoms with Crippen LogP contribution in [0.2, 0.25) is 0 Å². The van der Waals surface area contributed by atoms with Crippen molar-refractivity contribution in [1.82, 2.24) is 18.7 Å². The first-order valence-electron chi connectivity index (χ1n) is 12.4. The molecule has 9 nitrogen and oxygen atoms in total. The van der Waals surface area contributed by atoms with Gasteiger partial charge in [0.15, 0.2) is 0 Å². The first-order chi connectivity index (χ1) is 18.5. The Morgan fingerprint density at radius 1 is 0.923 bits per heavy atom. The third-order valence-corrected chi connectivity index (χ3v) is 8.28. The standard InChI is InChI=1S/C29H28N4O5S/c1-17(2)25-16-32(39(36,37)23-9-6-18(3)7-10-23)26-11-8-22(14-24(25)26)38-28-19(4)12-21(13-20(28)5)33-29(35)31-27(34)15-30-33/h6-17H,1-5H3,(H,31,34,35). The predicted molar refractivity (Wildman–Crippen MR) is 150 cm³/mol. The molecular weight excluding hydrogens is 516 g/mol. The highest BCUT2D eigenvalue weighted by Crippen LogP contribution is 2.36. The molecular formula is C29H28N4O5S. The van der Waals surface area contributed by atoms with Crippen molar-refractivity contribution in [3.8, 4) is 17.2 Å². The molecule has 39 heavy (non-hydrogen) atoms. The molecule has 5 rings (SSSR count). The summed E-state index contributed by atoms with van der Waals surface area (Å²) in [6.07, 6.45) is 2.73. The van der Waals surface area contributed by atoms with E-state index in [9.17, 15) is 18.0 Å². The van der Waals surface area contributed by atoms with Gasteiger partial charge in [-0.2, -0.15) is 9.78 Å². The van der Waals surface area contributed by atoms with Gasteiger partial charge in [-0.3, -0.25) is 9.78 Å². The lowest BCUT2D eigenvalue weighted by molar-refractivity contribution is 0.475. The Morgan fingerprint density at radius 2 is 1.59 bits per heavy atom. The second-order valence-corrected chi connectivity index (χ2v) is 11.7. The van der Waals surface area contributed by atoms with Crippen LogP contribution in [-0.2, 0) is 10.0 Å². The fourth-order valence-electron chi connectivity index (χ4n) is 4.62. The van der Waals surface area contributed by atoms with E-state index in [0.29, 0.717) is 22.7 Å². The quantitative estimate of drug-likeness (QED) is 0.323. The number of aromatic amines is 1. The van der Waals surface area contributed by atoms with E-state index in [0.717, 1.165) is 38.5 Å². The number of ether oxygens (including phenoxy) is 1. The smallest absolute Gasteiger partial charge is 0.349 e. The molecule has 10 heteroatoms. The minimum atomic E-state index is -3.80. The molecule has 0 spiro atoms. The van der Waals surface area contributed by atoms with Crippen LogP contribution in [0, 0.1) is 20.8 Å². The molecule has 0 amide bonds. The Kier molecular flexibility index (Phi) is 6.51. The molecule has 0 fully saturated rings. The molecule has 0 radical (unpaired) electrons. The van der Waals surface area contributed by atoms with Gasteiger partial charge in [0, 0.05) is 11.6 Å². The summed E-state index contributed by atoms with van der Waals surface area (Å²) < 4.78 is 35.8. The van der Waals surface area contributed by atoms with E-state index < -0.39 is 21.3 Å². The van der Waals surface area contributed by atoms with Crippen molar-refractivity contribution in [3.63, 3.8) is 0 Å². The summed E-state index contributed by atoms with van der Waals surface area (Å²) in [5.74, 6) is 1.23. The molecule has 0 unspecified atom stereocenters. The Hall–Kier alpha value is -4.44. The molecule has 1 N–H and O–H groups in total. The van der Waals surface area contributed by atoms with Gasteiger partial charge in [0.2, 0.25) is 0 Å². The lowest BCUT2D eigenvalue weighted by Crippen LogP contribution is -2.30. The third-order valence-electron chi connectivity index (χ3n) is 6.60. The zero-order valence-corrected chi connectivity index (χ0v) is 23.0. The van der Waals surface area contributed by atoms with Gasteiger partial charge >= 0.3 is 5.69 Å². The monoisotopic (exact) mass is 544 g/mol. The number of rotatable bonds is 6. The van der Waals surface area contributed by atoms with Crippen LogP contribution in [0.1, 0.15) is 42.0 Å². The molecule has 0 saturated heterocycles. The Balaban J connectivity index is 1.56. The van der Waals surface area contributed by atoms with Crippen molar-refractivity contribution in [1.29, 1.82) is 0 Å². The normalized spacial score (nSPS) is 11.8. The first-order valence-corrected chi connectivity index (χ1v) is 13.8. The number of hydrogen-bond acceptors (Lipinski definition) is 6. The third kappa shape index (κ3) is 4.79. The van der Waals surface area contributed by atoms with Crippen molar-refractivity contribution in [2.45, 2.75) is 45.4 Å². The lowest BCUT2D eigenvalue weighted by atomic mass is 10.0. The van der Waals surface area contributed by atoms with Crippen LogP contribution in [0.5, 0.6) is 11.5 Å². The summed E-state index contributed by atoms with van der Waals surface area (Å²) in [6, 6.07) is 15.7. The van der Waals surface area contributed by atoms with E-state index in [4.69, 9.17) is 4.74 Å². The van der Waals surface area contributed by atoms with Gasteiger partial charge in [0.05, 0.1) is 16.1 Å². The zero-order chi connectivity index (χ0) is 28.1. The molecule has 3 aromatic carbocycles. The van der Waals surface area contributed by atoms with E-state index in [1.807, 2.05) is 40.7 Å². The summed E-state index contributed by atoms with van der Waals surface area (Å²) >= 11 is 0. The second kappa shape index (κ2) is 9.70. The maximum Gasteiger partial charge on any atom is 0.349 e. The number of nitrogens with one attached hydrogen (secondary N) is 1. The highest BCUT2D eigenvalue weighted by molar-refractivity contribution is 7.90. The fourth-order valence-corrected chi connectivity index (χ4v) is 5.99. The summed E-state index contributed by atoms with van der Waals surface area (Å²) in [6.45, 7) is 9.66. The Bertz CT molecular complexity index is 1930. The van der Waals surface area contributed by atoms with Gasteiger partial charge < -0.3 is 4.74 Å². The molecule has 5 aromatic rings. The number of fused-ring (bicyclic) bond motifs is 1. The minimum absolute atomic E-state index is 0.0723. The maximum absolute atomic E-state index is 13.5. The molecule has 200 valence electrons. The average Bonchev–Trinajstić information content (AvgIpc) is 3.26. The van der Waals surface area contributed by atoms with Crippen molar-refractivity contribution < 1.29 is 13.2 Å². The maximum atomic E-state index is 13.5. The van der Waals surface area contributed by atoms with Gasteiger partial charge in [-0.1, -0.05) is 31.5 Å². The molecule has 2 heterocycles. The second-order valence-electron chi connectivity index (χ2n) is 9.89. The Morgan fingerprint density at radius 3 is 2.21 bits per heavy atom. The van der Waals surface area contributed by atoms with Crippen molar-refractivity contribution in [3.05, 3.63) is 110 Å². The minimum Gasteiger partial charge on any atom is -0.457 e. The topological polar surface area (TPSA) is 116 Å². The summed E-state index contributed by atoms with van der Waals surface area (Å²) in [5.41, 5.74) is 3.25. The van der Waals surface area contributed by atoms with E-state index in [-0.39, 0.29) is 10.8 Å². The number of hydrogen-bond donors (Lipinski definition) is 1. The van der Waals surface area contributed by atoms with Gasteiger partial charge in [0.1, 0.15) is 17.7 Å². The zero-order valence-electron chi connectivity index (χ0n) is 22.2. The summed E-state index contributed by atoms with van der Waals surface area (Å²) in [4.78, 5) is 26.0. The molecule has 0 atom stereocenters. The summed E-state index contributed by atoms with van der Waals surface area (Å²) in [7, 11) is -3.80. The number of aryl methyl sites for hydroxylation is 3. The number of H-pyrrole nitrogens is 1. The molecule has 0 bridgehead atoms. The van der Waals surface area contributed by atoms with Crippen LogP contribution in [0.15, 0.2) is 81.5 Å². The highest BCUT2D eigenvalue weighted by Gasteiger charge is 2.23.